The Labute approximate surface area is 147 Å². The second-order valence-corrected chi connectivity index (χ2v) is 7.41. The first-order chi connectivity index (χ1) is 12.0. The van der Waals surface area contributed by atoms with Crippen LogP contribution in [0.25, 0.3) is 0 Å². The van der Waals surface area contributed by atoms with Crippen LogP contribution in [0.4, 0.5) is 11.4 Å². The summed E-state index contributed by atoms with van der Waals surface area (Å²) in [5.74, 6) is 0.576. The highest BCUT2D eigenvalue weighted by Crippen LogP contribution is 2.44. The number of pyridine rings is 1. The first-order valence-corrected chi connectivity index (χ1v) is 8.64. The second kappa shape index (κ2) is 5.69. The average molecular weight is 335 g/mol. The fourth-order valence-corrected chi connectivity index (χ4v) is 3.37. The summed E-state index contributed by atoms with van der Waals surface area (Å²) in [4.78, 5) is 31.0. The molecule has 1 saturated carbocycles. The molecule has 2 amide bonds. The third-order valence-electron chi connectivity index (χ3n) is 5.08. The summed E-state index contributed by atoms with van der Waals surface area (Å²) >= 11 is 0. The molecule has 1 aliphatic carbocycles. The Balaban J connectivity index is 1.63. The van der Waals surface area contributed by atoms with Crippen molar-refractivity contribution in [2.24, 2.45) is 5.92 Å². The van der Waals surface area contributed by atoms with Crippen molar-refractivity contribution >= 4 is 23.2 Å². The summed E-state index contributed by atoms with van der Waals surface area (Å²) in [6, 6.07) is 9.10. The maximum Gasteiger partial charge on any atom is 0.255 e. The van der Waals surface area contributed by atoms with E-state index in [4.69, 9.17) is 0 Å². The lowest BCUT2D eigenvalue weighted by atomic mass is 9.86. The Hall–Kier alpha value is -2.69. The summed E-state index contributed by atoms with van der Waals surface area (Å²) in [6.45, 7) is 4.71. The van der Waals surface area contributed by atoms with E-state index < -0.39 is 5.41 Å². The highest BCUT2D eigenvalue weighted by Gasteiger charge is 2.45. The molecule has 5 nitrogen and oxygen atoms in total. The minimum Gasteiger partial charge on any atom is -0.322 e. The standard InChI is InChI=1S/C20H21N3O2/c1-20(2)16-6-5-15(22-18(24)14-7-9-21-10-8-14)11-17(16)23(19(20)25)12-13-3-4-13/h5-11,13H,3-4,12H2,1-2H3,(H,22,24). The number of anilines is 2. The fraction of sp³-hybridized carbons (Fsp3) is 0.350. The second-order valence-electron chi connectivity index (χ2n) is 7.41. The number of carbonyl (C=O) groups is 2. The molecule has 0 unspecified atom stereocenters. The van der Waals surface area contributed by atoms with E-state index in [2.05, 4.69) is 10.3 Å². The molecule has 5 heteroatoms. The van der Waals surface area contributed by atoms with Crippen molar-refractivity contribution in [1.29, 1.82) is 0 Å². The number of hydrogen-bond acceptors (Lipinski definition) is 3. The van der Waals surface area contributed by atoms with Crippen LogP contribution < -0.4 is 10.2 Å². The third-order valence-corrected chi connectivity index (χ3v) is 5.08. The number of benzene rings is 1. The van der Waals surface area contributed by atoms with Gasteiger partial charge in [0.05, 0.1) is 5.41 Å². The lowest BCUT2D eigenvalue weighted by Crippen LogP contribution is -2.37. The van der Waals surface area contributed by atoms with E-state index in [-0.39, 0.29) is 11.8 Å². The van der Waals surface area contributed by atoms with Gasteiger partial charge in [-0.3, -0.25) is 14.6 Å². The van der Waals surface area contributed by atoms with Crippen molar-refractivity contribution in [2.75, 3.05) is 16.8 Å². The smallest absolute Gasteiger partial charge is 0.255 e. The lowest BCUT2D eigenvalue weighted by Gasteiger charge is -2.20. The number of hydrogen-bond donors (Lipinski definition) is 1. The van der Waals surface area contributed by atoms with E-state index in [0.29, 0.717) is 17.2 Å². The monoisotopic (exact) mass is 335 g/mol. The molecule has 0 bridgehead atoms. The molecule has 1 aliphatic heterocycles. The van der Waals surface area contributed by atoms with Gasteiger partial charge < -0.3 is 10.2 Å². The molecule has 0 atom stereocenters. The maximum atomic E-state index is 12.8. The number of nitrogens with one attached hydrogen (secondary N) is 1. The molecule has 2 heterocycles. The number of amides is 2. The average Bonchev–Trinajstić information content (AvgIpc) is 3.41. The van der Waals surface area contributed by atoms with Crippen LogP contribution in [0.5, 0.6) is 0 Å². The number of aromatic nitrogens is 1. The summed E-state index contributed by atoms with van der Waals surface area (Å²) in [6.07, 6.45) is 5.57. The number of fused-ring (bicyclic) bond motifs is 1. The molecule has 128 valence electrons. The topological polar surface area (TPSA) is 62.3 Å². The highest BCUT2D eigenvalue weighted by molar-refractivity contribution is 6.09. The molecular formula is C20H21N3O2. The van der Waals surface area contributed by atoms with Gasteiger partial charge in [-0.15, -0.1) is 0 Å². The minimum atomic E-state index is -0.516. The van der Waals surface area contributed by atoms with E-state index in [1.54, 1.807) is 24.5 Å². The van der Waals surface area contributed by atoms with Gasteiger partial charge in [0.25, 0.3) is 5.91 Å². The van der Waals surface area contributed by atoms with Crippen molar-refractivity contribution in [3.8, 4) is 0 Å². The summed E-state index contributed by atoms with van der Waals surface area (Å²) in [7, 11) is 0. The van der Waals surface area contributed by atoms with Crippen LogP contribution in [0.2, 0.25) is 0 Å². The Morgan fingerprint density at radius 2 is 1.96 bits per heavy atom. The molecule has 1 aromatic heterocycles. The van der Waals surface area contributed by atoms with Gasteiger partial charge in [0, 0.05) is 35.9 Å². The Morgan fingerprint density at radius 1 is 1.24 bits per heavy atom. The molecule has 0 radical (unpaired) electrons. The third kappa shape index (κ3) is 2.80. The van der Waals surface area contributed by atoms with Gasteiger partial charge in [-0.25, -0.2) is 0 Å². The maximum absolute atomic E-state index is 12.8. The van der Waals surface area contributed by atoms with Crippen LogP contribution in [0.3, 0.4) is 0 Å². The molecule has 25 heavy (non-hydrogen) atoms. The van der Waals surface area contributed by atoms with Crippen LogP contribution >= 0.6 is 0 Å². The van der Waals surface area contributed by atoms with E-state index in [9.17, 15) is 9.59 Å². The van der Waals surface area contributed by atoms with Crippen LogP contribution in [0.15, 0.2) is 42.7 Å². The molecule has 0 saturated heterocycles. The first kappa shape index (κ1) is 15.8. The Morgan fingerprint density at radius 3 is 2.64 bits per heavy atom. The van der Waals surface area contributed by atoms with Crippen LogP contribution in [-0.4, -0.2) is 23.3 Å². The van der Waals surface area contributed by atoms with Crippen molar-refractivity contribution in [3.63, 3.8) is 0 Å². The van der Waals surface area contributed by atoms with Crippen LogP contribution in [0, 0.1) is 5.92 Å². The first-order valence-electron chi connectivity index (χ1n) is 8.64. The SMILES string of the molecule is CC1(C)C(=O)N(CC2CC2)c2cc(NC(=O)c3ccncc3)ccc21. The Kier molecular flexibility index (Phi) is 3.60. The quantitative estimate of drug-likeness (QED) is 0.932. The van der Waals surface area contributed by atoms with E-state index >= 15 is 0 Å². The summed E-state index contributed by atoms with van der Waals surface area (Å²) < 4.78 is 0. The zero-order chi connectivity index (χ0) is 17.6. The normalized spacial score (nSPS) is 18.2. The number of carbonyl (C=O) groups excluding carboxylic acids is 2. The Bertz CT molecular complexity index is 841. The van der Waals surface area contributed by atoms with Crippen molar-refractivity contribution in [3.05, 3.63) is 53.9 Å². The lowest BCUT2D eigenvalue weighted by molar-refractivity contribution is -0.122. The van der Waals surface area contributed by atoms with Crippen molar-refractivity contribution in [1.82, 2.24) is 4.98 Å². The van der Waals surface area contributed by atoms with Crippen molar-refractivity contribution < 1.29 is 9.59 Å². The van der Waals surface area contributed by atoms with Gasteiger partial charge in [0.1, 0.15) is 0 Å². The van der Waals surface area contributed by atoms with Crippen LogP contribution in [-0.2, 0) is 10.2 Å². The minimum absolute atomic E-state index is 0.145. The fourth-order valence-electron chi connectivity index (χ4n) is 3.37. The van der Waals surface area contributed by atoms with Gasteiger partial charge in [0.2, 0.25) is 5.91 Å². The van der Waals surface area contributed by atoms with Gasteiger partial charge in [-0.05, 0) is 62.4 Å². The number of nitrogens with zero attached hydrogens (tertiary/aromatic N) is 2. The van der Waals surface area contributed by atoms with E-state index in [1.807, 2.05) is 36.9 Å². The zero-order valence-electron chi connectivity index (χ0n) is 14.5. The highest BCUT2D eigenvalue weighted by atomic mass is 16.2. The van der Waals surface area contributed by atoms with Crippen LogP contribution in [0.1, 0.15) is 42.6 Å². The number of rotatable bonds is 4. The molecule has 0 spiro atoms. The molecule has 2 aliphatic rings. The van der Waals surface area contributed by atoms with Gasteiger partial charge in [0.15, 0.2) is 0 Å². The molecule has 1 N–H and O–H groups in total. The zero-order valence-corrected chi connectivity index (χ0v) is 14.5. The summed E-state index contributed by atoms with van der Waals surface area (Å²) in [5, 5.41) is 2.91. The predicted octanol–water partition coefficient (Wildman–Crippen LogP) is 3.37. The van der Waals surface area contributed by atoms with Crippen molar-refractivity contribution in [2.45, 2.75) is 32.1 Å². The molecule has 2 aromatic rings. The molecule has 1 fully saturated rings. The van der Waals surface area contributed by atoms with E-state index in [1.165, 1.54) is 12.8 Å². The molecule has 1 aromatic carbocycles. The van der Waals surface area contributed by atoms with E-state index in [0.717, 1.165) is 17.8 Å². The molecule has 4 rings (SSSR count). The predicted molar refractivity (Wildman–Crippen MR) is 96.7 cm³/mol. The largest absolute Gasteiger partial charge is 0.322 e. The summed E-state index contributed by atoms with van der Waals surface area (Å²) in [5.41, 5.74) is 2.70. The van der Waals surface area contributed by atoms with Gasteiger partial charge >= 0.3 is 0 Å². The van der Waals surface area contributed by atoms with Gasteiger partial charge in [-0.2, -0.15) is 0 Å². The van der Waals surface area contributed by atoms with Gasteiger partial charge in [-0.1, -0.05) is 6.07 Å². The molecular weight excluding hydrogens is 314 g/mol.